The number of urea groups is 1. The van der Waals surface area contributed by atoms with Crippen molar-refractivity contribution in [2.45, 2.75) is 19.3 Å². The van der Waals surface area contributed by atoms with Gasteiger partial charge in [0.25, 0.3) is 0 Å². The molecule has 0 unspecified atom stereocenters. The van der Waals surface area contributed by atoms with Gasteiger partial charge in [0.1, 0.15) is 17.2 Å². The number of nitrogens with one attached hydrogen (secondary N) is 2. The summed E-state index contributed by atoms with van der Waals surface area (Å²) in [6, 6.07) is 15.5. The van der Waals surface area contributed by atoms with Gasteiger partial charge in [0, 0.05) is 17.1 Å². The summed E-state index contributed by atoms with van der Waals surface area (Å²) in [5, 5.41) is 8.76. The third-order valence-corrected chi connectivity index (χ3v) is 6.20. The van der Waals surface area contributed by atoms with E-state index in [9.17, 15) is 4.79 Å². The zero-order valence-electron chi connectivity index (χ0n) is 15.8. The number of nitrogens with two attached hydrogens (primary N) is 1. The predicted octanol–water partition coefficient (Wildman–Crippen LogP) is 3.00. The Morgan fingerprint density at radius 1 is 1.00 bits per heavy atom. The van der Waals surface area contributed by atoms with Gasteiger partial charge in [-0.3, -0.25) is 4.99 Å². The van der Waals surface area contributed by atoms with E-state index in [1.54, 1.807) is 11.3 Å². The number of aryl methyl sites for hydroxylation is 2. The molecule has 2 aromatic carbocycles. The van der Waals surface area contributed by atoms with Crippen LogP contribution in [0.25, 0.3) is 5.82 Å². The lowest BCUT2D eigenvalue weighted by atomic mass is 10.1. The van der Waals surface area contributed by atoms with E-state index in [1.807, 2.05) is 46.7 Å². The third-order valence-electron chi connectivity index (χ3n) is 5.36. The molecule has 0 atom stereocenters. The number of amides is 2. The average molecular weight is 404 g/mol. The van der Waals surface area contributed by atoms with Crippen LogP contribution in [0.1, 0.15) is 17.5 Å². The number of carbonyl (C=O) groups excluding carboxylic acids is 1. The number of thiophene rings is 1. The number of carbonyl (C=O) groups is 1. The Morgan fingerprint density at radius 3 is 2.62 bits per heavy atom. The Balaban J connectivity index is 1.27. The van der Waals surface area contributed by atoms with E-state index in [2.05, 4.69) is 27.8 Å². The molecule has 7 heteroatoms. The van der Waals surface area contributed by atoms with Crippen molar-refractivity contribution < 1.29 is 4.79 Å². The number of benzene rings is 2. The zero-order valence-corrected chi connectivity index (χ0v) is 16.6. The summed E-state index contributed by atoms with van der Waals surface area (Å²) in [5.74, 6) is 0.700. The number of anilines is 3. The number of hydrogen-bond donors (Lipinski definition) is 3. The van der Waals surface area contributed by atoms with Crippen molar-refractivity contribution in [2.24, 2.45) is 10.7 Å². The molecular formula is C22H21N5OS. The minimum atomic E-state index is -0.252. The van der Waals surface area contributed by atoms with Crippen LogP contribution >= 0.6 is 11.3 Å². The molecule has 1 aliphatic heterocycles. The second-order valence-electron chi connectivity index (χ2n) is 7.22. The van der Waals surface area contributed by atoms with E-state index in [-0.39, 0.29) is 6.03 Å². The summed E-state index contributed by atoms with van der Waals surface area (Å²) in [6.45, 7) is 0.491. The van der Waals surface area contributed by atoms with Gasteiger partial charge in [0.2, 0.25) is 0 Å². The molecule has 1 aliphatic carbocycles. The van der Waals surface area contributed by atoms with Crippen molar-refractivity contribution >= 4 is 40.3 Å². The van der Waals surface area contributed by atoms with E-state index in [0.29, 0.717) is 12.5 Å². The maximum Gasteiger partial charge on any atom is 0.323 e. The smallest absolute Gasteiger partial charge is 0.323 e. The Labute approximate surface area is 172 Å². The van der Waals surface area contributed by atoms with Crippen LogP contribution in [0.4, 0.5) is 21.9 Å². The number of rotatable bonds is 3. The molecule has 0 spiro atoms. The van der Waals surface area contributed by atoms with Crippen molar-refractivity contribution in [3.63, 3.8) is 0 Å². The van der Waals surface area contributed by atoms with Crippen molar-refractivity contribution in [3.8, 4) is 0 Å². The number of fused-ring (bicyclic) bond motifs is 2. The fourth-order valence-electron chi connectivity index (χ4n) is 3.86. The van der Waals surface area contributed by atoms with Gasteiger partial charge in [-0.25, -0.2) is 4.79 Å². The largest absolute Gasteiger partial charge is 0.384 e. The van der Waals surface area contributed by atoms with Crippen molar-refractivity contribution in [1.29, 1.82) is 0 Å². The maximum atomic E-state index is 12.4. The highest BCUT2D eigenvalue weighted by atomic mass is 32.1. The highest BCUT2D eigenvalue weighted by molar-refractivity contribution is 7.07. The van der Waals surface area contributed by atoms with E-state index >= 15 is 0 Å². The molecule has 0 saturated heterocycles. The molecule has 146 valence electrons. The molecule has 6 nitrogen and oxygen atoms in total. The quantitative estimate of drug-likeness (QED) is 0.629. The van der Waals surface area contributed by atoms with E-state index < -0.39 is 0 Å². The highest BCUT2D eigenvalue weighted by Gasteiger charge is 2.15. The number of nitrogens with zero attached hydrogens (tertiary/aromatic N) is 2. The van der Waals surface area contributed by atoms with Crippen LogP contribution in [0.3, 0.4) is 0 Å². The van der Waals surface area contributed by atoms with Gasteiger partial charge >= 0.3 is 6.03 Å². The summed E-state index contributed by atoms with van der Waals surface area (Å²) >= 11 is 1.59. The first-order valence-corrected chi connectivity index (χ1v) is 10.5. The SMILES string of the molecule is NC1=c2ccsc2=NCN1c1ccc(NC(=O)Nc2ccc3c(c2)CCC3)cc1. The fourth-order valence-corrected chi connectivity index (χ4v) is 4.63. The molecular weight excluding hydrogens is 382 g/mol. The van der Waals surface area contributed by atoms with Gasteiger partial charge in [0.15, 0.2) is 0 Å². The lowest BCUT2D eigenvalue weighted by molar-refractivity contribution is 0.262. The second kappa shape index (κ2) is 7.25. The van der Waals surface area contributed by atoms with E-state index in [0.717, 1.165) is 39.8 Å². The average Bonchev–Trinajstić information content (AvgIpc) is 3.38. The van der Waals surface area contributed by atoms with Crippen molar-refractivity contribution in [3.05, 3.63) is 74.9 Å². The van der Waals surface area contributed by atoms with Crippen molar-refractivity contribution in [1.82, 2.24) is 0 Å². The zero-order chi connectivity index (χ0) is 19.8. The first-order chi connectivity index (χ1) is 14.2. The molecule has 4 N–H and O–H groups in total. The first-order valence-electron chi connectivity index (χ1n) is 9.62. The van der Waals surface area contributed by atoms with Crippen LogP contribution in [0.2, 0.25) is 0 Å². The standard InChI is InChI=1S/C22H21N5OS/c23-20-19-10-11-29-21(19)24-13-27(20)18-8-6-16(7-9-18)25-22(28)26-17-5-4-14-2-1-3-15(14)12-17/h4-12H,1-3,13,23H2,(H2,25,26,28). The van der Waals surface area contributed by atoms with E-state index in [1.165, 1.54) is 17.5 Å². The van der Waals surface area contributed by atoms with Gasteiger partial charge in [-0.15, -0.1) is 11.3 Å². The molecule has 5 rings (SSSR count). The molecule has 0 fully saturated rings. The summed E-state index contributed by atoms with van der Waals surface area (Å²) < 4.78 is 0.972. The van der Waals surface area contributed by atoms with Crippen LogP contribution in [0.5, 0.6) is 0 Å². The Morgan fingerprint density at radius 2 is 1.76 bits per heavy atom. The normalized spacial score (nSPS) is 14.8. The first kappa shape index (κ1) is 17.8. The predicted molar refractivity (Wildman–Crippen MR) is 118 cm³/mol. The maximum absolute atomic E-state index is 12.4. The monoisotopic (exact) mass is 403 g/mol. The Hall–Kier alpha value is -3.32. The molecule has 0 saturated carbocycles. The molecule has 2 amide bonds. The minimum absolute atomic E-state index is 0.252. The molecule has 0 bridgehead atoms. The van der Waals surface area contributed by atoms with Gasteiger partial charge in [-0.05, 0) is 78.2 Å². The molecule has 3 aromatic rings. The fraction of sp³-hybridized carbons (Fsp3) is 0.182. The number of hydrogen-bond acceptors (Lipinski definition) is 5. The minimum Gasteiger partial charge on any atom is -0.384 e. The topological polar surface area (TPSA) is 82.8 Å². The van der Waals surface area contributed by atoms with Gasteiger partial charge in [-0.2, -0.15) is 0 Å². The molecule has 2 heterocycles. The molecule has 2 aliphatic rings. The summed E-state index contributed by atoms with van der Waals surface area (Å²) in [4.78, 5) is 18.9. The molecule has 0 radical (unpaired) electrons. The van der Waals surface area contributed by atoms with Gasteiger partial charge in [-0.1, -0.05) is 6.07 Å². The van der Waals surface area contributed by atoms with Crippen LogP contribution in [-0.4, -0.2) is 12.7 Å². The molecule has 1 aromatic heterocycles. The van der Waals surface area contributed by atoms with Crippen LogP contribution < -0.4 is 31.2 Å². The van der Waals surface area contributed by atoms with E-state index in [4.69, 9.17) is 5.73 Å². The molecule has 29 heavy (non-hydrogen) atoms. The lowest BCUT2D eigenvalue weighted by Crippen LogP contribution is -2.41. The summed E-state index contributed by atoms with van der Waals surface area (Å²) in [7, 11) is 0. The van der Waals surface area contributed by atoms with Gasteiger partial charge in [0.05, 0.1) is 5.22 Å². The lowest BCUT2D eigenvalue weighted by Gasteiger charge is -2.24. The highest BCUT2D eigenvalue weighted by Crippen LogP contribution is 2.25. The van der Waals surface area contributed by atoms with Crippen LogP contribution in [0, 0.1) is 0 Å². The van der Waals surface area contributed by atoms with Crippen LogP contribution in [0.15, 0.2) is 58.9 Å². The summed E-state index contributed by atoms with van der Waals surface area (Å²) in [6.07, 6.45) is 3.41. The summed E-state index contributed by atoms with van der Waals surface area (Å²) in [5.41, 5.74) is 11.5. The van der Waals surface area contributed by atoms with Crippen LogP contribution in [-0.2, 0) is 12.8 Å². The van der Waals surface area contributed by atoms with Crippen molar-refractivity contribution in [2.75, 3.05) is 22.2 Å². The Bertz CT molecular complexity index is 1200. The van der Waals surface area contributed by atoms with Gasteiger partial charge < -0.3 is 21.3 Å². The third kappa shape index (κ3) is 3.45. The second-order valence-corrected chi connectivity index (χ2v) is 8.11. The Kier molecular flexibility index (Phi) is 4.44.